The van der Waals surface area contributed by atoms with Gasteiger partial charge in [0.15, 0.2) is 0 Å². The first-order chi connectivity index (χ1) is 11.3. The molecule has 0 atom stereocenters. The highest BCUT2D eigenvalue weighted by atomic mass is 79.9. The Labute approximate surface area is 144 Å². The lowest BCUT2D eigenvalue weighted by molar-refractivity contribution is 0.0374. The molecule has 6 heteroatoms. The number of hydrogen-bond donors (Lipinski definition) is 1. The number of benzene rings is 1. The van der Waals surface area contributed by atoms with E-state index < -0.39 is 0 Å². The van der Waals surface area contributed by atoms with Crippen molar-refractivity contribution in [3.05, 3.63) is 40.5 Å². The van der Waals surface area contributed by atoms with Crippen LogP contribution in [0, 0.1) is 0 Å². The van der Waals surface area contributed by atoms with Crippen LogP contribution in [0.5, 0.6) is 0 Å². The molecule has 23 heavy (non-hydrogen) atoms. The third-order valence-electron chi connectivity index (χ3n) is 4.01. The Hall–Kier alpha value is -1.50. The number of hydrogen-bond acceptors (Lipinski definition) is 4. The molecule has 0 aliphatic carbocycles. The molecular weight excluding hydrogens is 358 g/mol. The fraction of sp³-hybridized carbons (Fsp3) is 0.412. The normalized spacial score (nSPS) is 15.7. The zero-order valence-electron chi connectivity index (χ0n) is 12.9. The van der Waals surface area contributed by atoms with Gasteiger partial charge in [-0.2, -0.15) is 0 Å². The minimum atomic E-state index is -0.0440. The van der Waals surface area contributed by atoms with Gasteiger partial charge < -0.3 is 10.1 Å². The molecule has 1 aromatic heterocycles. The number of nitrogens with zero attached hydrogens (tertiary/aromatic N) is 2. The molecular formula is C17H20BrN3O2. The molecule has 122 valence electrons. The molecule has 5 nitrogen and oxygen atoms in total. The van der Waals surface area contributed by atoms with Gasteiger partial charge in [0.2, 0.25) is 0 Å². The number of para-hydroxylation sites is 1. The highest BCUT2D eigenvalue weighted by Gasteiger charge is 2.12. The van der Waals surface area contributed by atoms with Gasteiger partial charge in [-0.25, -0.2) is 0 Å². The molecule has 1 fully saturated rings. The molecule has 1 saturated heterocycles. The van der Waals surface area contributed by atoms with Crippen LogP contribution in [0.2, 0.25) is 0 Å². The minimum Gasteiger partial charge on any atom is -0.379 e. The van der Waals surface area contributed by atoms with Gasteiger partial charge in [0.25, 0.3) is 5.91 Å². The summed E-state index contributed by atoms with van der Waals surface area (Å²) in [4.78, 5) is 19.1. The maximum atomic E-state index is 12.4. The van der Waals surface area contributed by atoms with Crippen molar-refractivity contribution in [1.82, 2.24) is 15.2 Å². The Kier molecular flexibility index (Phi) is 5.59. The van der Waals surface area contributed by atoms with E-state index in [2.05, 4.69) is 31.1 Å². The van der Waals surface area contributed by atoms with Crippen molar-refractivity contribution in [2.45, 2.75) is 6.42 Å². The average molecular weight is 378 g/mol. The van der Waals surface area contributed by atoms with Gasteiger partial charge in [0, 0.05) is 35.7 Å². The summed E-state index contributed by atoms with van der Waals surface area (Å²) in [7, 11) is 0. The zero-order valence-corrected chi connectivity index (χ0v) is 14.5. The lowest BCUT2D eigenvalue weighted by Gasteiger charge is -2.26. The first kappa shape index (κ1) is 16.4. The number of rotatable bonds is 5. The number of morpholine rings is 1. The third kappa shape index (κ3) is 4.07. The highest BCUT2D eigenvalue weighted by molar-refractivity contribution is 9.10. The second-order valence-corrected chi connectivity index (χ2v) is 6.41. The van der Waals surface area contributed by atoms with Gasteiger partial charge in [-0.15, -0.1) is 0 Å². The van der Waals surface area contributed by atoms with E-state index in [0.29, 0.717) is 12.1 Å². The van der Waals surface area contributed by atoms with Crippen molar-refractivity contribution in [2.75, 3.05) is 39.4 Å². The van der Waals surface area contributed by atoms with Crippen molar-refractivity contribution in [1.29, 1.82) is 0 Å². The molecule has 0 unspecified atom stereocenters. The summed E-state index contributed by atoms with van der Waals surface area (Å²) in [6.07, 6.45) is 2.62. The third-order valence-corrected chi connectivity index (χ3v) is 4.65. The van der Waals surface area contributed by atoms with Crippen LogP contribution in [-0.4, -0.2) is 55.2 Å². The number of aromatic nitrogens is 1. The molecule has 1 amide bonds. The summed E-state index contributed by atoms with van der Waals surface area (Å²) in [5.74, 6) is -0.0440. The highest BCUT2D eigenvalue weighted by Crippen LogP contribution is 2.24. The van der Waals surface area contributed by atoms with Crippen LogP contribution < -0.4 is 5.32 Å². The van der Waals surface area contributed by atoms with E-state index in [4.69, 9.17) is 4.74 Å². The van der Waals surface area contributed by atoms with E-state index in [1.54, 1.807) is 12.3 Å². The summed E-state index contributed by atoms with van der Waals surface area (Å²) in [6, 6.07) is 7.55. The van der Waals surface area contributed by atoms with E-state index in [0.717, 1.165) is 54.6 Å². The first-order valence-corrected chi connectivity index (χ1v) is 8.66. The first-order valence-electron chi connectivity index (χ1n) is 7.87. The molecule has 1 aromatic carbocycles. The zero-order chi connectivity index (χ0) is 16.1. The van der Waals surface area contributed by atoms with E-state index in [1.165, 1.54) is 0 Å². The number of pyridine rings is 1. The minimum absolute atomic E-state index is 0.0440. The topological polar surface area (TPSA) is 54.5 Å². The number of ether oxygens (including phenoxy) is 1. The van der Waals surface area contributed by atoms with Gasteiger partial charge in [0.1, 0.15) is 0 Å². The second kappa shape index (κ2) is 7.86. The Morgan fingerprint density at radius 1 is 1.30 bits per heavy atom. The Bertz CT molecular complexity index is 687. The van der Waals surface area contributed by atoms with Crippen LogP contribution in [0.15, 0.2) is 34.9 Å². The summed E-state index contributed by atoms with van der Waals surface area (Å²) >= 11 is 3.48. The van der Waals surface area contributed by atoms with Crippen molar-refractivity contribution in [2.24, 2.45) is 0 Å². The summed E-state index contributed by atoms with van der Waals surface area (Å²) < 4.78 is 6.23. The van der Waals surface area contributed by atoms with Crippen molar-refractivity contribution in [3.8, 4) is 0 Å². The number of fused-ring (bicyclic) bond motifs is 1. The van der Waals surface area contributed by atoms with Crippen LogP contribution in [0.4, 0.5) is 0 Å². The quantitative estimate of drug-likeness (QED) is 0.813. The molecule has 2 aromatic rings. The van der Waals surface area contributed by atoms with Crippen LogP contribution in [-0.2, 0) is 4.74 Å². The van der Waals surface area contributed by atoms with E-state index >= 15 is 0 Å². The number of amides is 1. The van der Waals surface area contributed by atoms with Gasteiger partial charge in [0.05, 0.1) is 24.3 Å². The average Bonchev–Trinajstić information content (AvgIpc) is 2.59. The van der Waals surface area contributed by atoms with Crippen molar-refractivity contribution in [3.63, 3.8) is 0 Å². The Morgan fingerprint density at radius 3 is 2.96 bits per heavy atom. The largest absolute Gasteiger partial charge is 0.379 e. The number of carbonyl (C=O) groups excluding carboxylic acids is 1. The van der Waals surface area contributed by atoms with E-state index in [1.807, 2.05) is 18.2 Å². The van der Waals surface area contributed by atoms with E-state index in [9.17, 15) is 4.79 Å². The number of halogens is 1. The molecule has 2 heterocycles. The number of nitrogens with one attached hydrogen (secondary N) is 1. The lowest BCUT2D eigenvalue weighted by Crippen LogP contribution is -2.38. The molecule has 1 aliphatic heterocycles. The fourth-order valence-electron chi connectivity index (χ4n) is 2.76. The van der Waals surface area contributed by atoms with Crippen LogP contribution in [0.25, 0.3) is 10.9 Å². The molecule has 0 spiro atoms. The van der Waals surface area contributed by atoms with Gasteiger partial charge in [-0.05, 0) is 41.0 Å². The monoisotopic (exact) mass is 377 g/mol. The molecule has 0 radical (unpaired) electrons. The van der Waals surface area contributed by atoms with Crippen molar-refractivity contribution >= 4 is 32.7 Å². The van der Waals surface area contributed by atoms with E-state index in [-0.39, 0.29) is 5.91 Å². The Morgan fingerprint density at radius 2 is 2.13 bits per heavy atom. The molecule has 0 saturated carbocycles. The molecule has 1 N–H and O–H groups in total. The SMILES string of the molecule is O=C(NCCCN1CCOCC1)c1ccnc2c(Br)cccc12. The molecule has 1 aliphatic rings. The molecule has 3 rings (SSSR count). The van der Waals surface area contributed by atoms with Crippen molar-refractivity contribution < 1.29 is 9.53 Å². The van der Waals surface area contributed by atoms with Crippen LogP contribution in [0.3, 0.4) is 0 Å². The summed E-state index contributed by atoms with van der Waals surface area (Å²) in [6.45, 7) is 5.25. The number of carbonyl (C=O) groups is 1. The predicted octanol–water partition coefficient (Wildman–Crippen LogP) is 2.45. The lowest BCUT2D eigenvalue weighted by atomic mass is 10.1. The Balaban J connectivity index is 1.57. The smallest absolute Gasteiger partial charge is 0.252 e. The van der Waals surface area contributed by atoms with Crippen LogP contribution >= 0.6 is 15.9 Å². The summed E-state index contributed by atoms with van der Waals surface area (Å²) in [5, 5.41) is 3.88. The maximum absolute atomic E-state index is 12.4. The predicted molar refractivity (Wildman–Crippen MR) is 93.7 cm³/mol. The molecule has 0 bridgehead atoms. The summed E-state index contributed by atoms with van der Waals surface area (Å²) in [5.41, 5.74) is 1.48. The second-order valence-electron chi connectivity index (χ2n) is 5.56. The fourth-order valence-corrected chi connectivity index (χ4v) is 3.23. The van der Waals surface area contributed by atoms with Gasteiger partial charge in [-0.1, -0.05) is 12.1 Å². The van der Waals surface area contributed by atoms with Gasteiger partial charge in [-0.3, -0.25) is 14.7 Å². The van der Waals surface area contributed by atoms with Gasteiger partial charge >= 0.3 is 0 Å². The maximum Gasteiger partial charge on any atom is 0.252 e. The van der Waals surface area contributed by atoms with Crippen LogP contribution in [0.1, 0.15) is 16.8 Å². The standard InChI is InChI=1S/C17H20BrN3O2/c18-15-4-1-3-13-14(5-7-19-16(13)15)17(22)20-6-2-8-21-9-11-23-12-10-21/h1,3-5,7H,2,6,8-12H2,(H,20,22).